The van der Waals surface area contributed by atoms with Gasteiger partial charge >= 0.3 is 0 Å². The van der Waals surface area contributed by atoms with Crippen molar-refractivity contribution in [2.45, 2.75) is 18.7 Å². The lowest BCUT2D eigenvalue weighted by Crippen LogP contribution is -2.23. The maximum atomic E-state index is 12.7. The summed E-state index contributed by atoms with van der Waals surface area (Å²) in [5, 5.41) is 3.27. The molecule has 1 amide bonds. The summed E-state index contributed by atoms with van der Waals surface area (Å²) in [6.07, 6.45) is 0. The van der Waals surface area contributed by atoms with E-state index in [4.69, 9.17) is 0 Å². The molecule has 0 unspecified atom stereocenters. The lowest BCUT2D eigenvalue weighted by Gasteiger charge is -2.13. The molecular formula is C18H19N3O3S2. The molecule has 6 nitrogen and oxygen atoms in total. The third-order valence-electron chi connectivity index (χ3n) is 4.07. The van der Waals surface area contributed by atoms with Crippen LogP contribution in [0.25, 0.3) is 10.2 Å². The first-order chi connectivity index (χ1) is 12.2. The number of hydrogen-bond acceptors (Lipinski definition) is 5. The van der Waals surface area contributed by atoms with Crippen molar-refractivity contribution in [3.63, 3.8) is 0 Å². The van der Waals surface area contributed by atoms with Gasteiger partial charge in [0.15, 0.2) is 5.13 Å². The lowest BCUT2D eigenvalue weighted by atomic mass is 10.1. The molecular weight excluding hydrogens is 370 g/mol. The van der Waals surface area contributed by atoms with Gasteiger partial charge < -0.3 is 0 Å². The molecule has 0 aliphatic carbocycles. The molecule has 2 aromatic carbocycles. The normalized spacial score (nSPS) is 11.9. The van der Waals surface area contributed by atoms with Crippen molar-refractivity contribution in [1.29, 1.82) is 0 Å². The summed E-state index contributed by atoms with van der Waals surface area (Å²) in [5.74, 6) is -0.380. The summed E-state index contributed by atoms with van der Waals surface area (Å²) in [6, 6.07) is 10.4. The number of rotatable bonds is 4. The third kappa shape index (κ3) is 3.35. The Morgan fingerprint density at radius 2 is 1.85 bits per heavy atom. The first-order valence-corrected chi connectivity index (χ1v) is 10.2. The standard InChI is InChI=1S/C18H19N3O3S2/c1-11-8-9-13(26(23,24)21(3)4)10-14(11)17(22)20-18-19-16-12(2)6-5-7-15(16)25-18/h5-10H,1-4H3,(H,19,20,22). The summed E-state index contributed by atoms with van der Waals surface area (Å²) in [7, 11) is -0.695. The summed E-state index contributed by atoms with van der Waals surface area (Å²) in [4.78, 5) is 17.2. The fourth-order valence-electron chi connectivity index (χ4n) is 2.52. The van der Waals surface area contributed by atoms with Crippen LogP contribution in [0.4, 0.5) is 5.13 Å². The van der Waals surface area contributed by atoms with Crippen molar-refractivity contribution in [3.05, 3.63) is 53.1 Å². The number of para-hydroxylation sites is 1. The van der Waals surface area contributed by atoms with Crippen molar-refractivity contribution < 1.29 is 13.2 Å². The van der Waals surface area contributed by atoms with Crippen molar-refractivity contribution >= 4 is 42.6 Å². The second-order valence-electron chi connectivity index (χ2n) is 6.16. The molecule has 3 aromatic rings. The van der Waals surface area contributed by atoms with E-state index >= 15 is 0 Å². The van der Waals surface area contributed by atoms with Crippen LogP contribution in [0, 0.1) is 13.8 Å². The van der Waals surface area contributed by atoms with E-state index in [-0.39, 0.29) is 10.8 Å². The monoisotopic (exact) mass is 389 g/mol. The highest BCUT2D eigenvalue weighted by atomic mass is 32.2. The molecule has 1 aromatic heterocycles. The van der Waals surface area contributed by atoms with Gasteiger partial charge in [0.25, 0.3) is 5.91 Å². The molecule has 0 radical (unpaired) electrons. The number of benzene rings is 2. The average Bonchev–Trinajstić information content (AvgIpc) is 2.98. The second kappa shape index (κ2) is 6.79. The van der Waals surface area contributed by atoms with Crippen LogP contribution in [-0.4, -0.2) is 37.7 Å². The number of carbonyl (C=O) groups is 1. The van der Waals surface area contributed by atoms with Gasteiger partial charge in [0.1, 0.15) is 0 Å². The fraction of sp³-hybridized carbons (Fsp3) is 0.222. The minimum Gasteiger partial charge on any atom is -0.298 e. The maximum Gasteiger partial charge on any atom is 0.257 e. The zero-order valence-electron chi connectivity index (χ0n) is 14.9. The van der Waals surface area contributed by atoms with Crippen LogP contribution < -0.4 is 5.32 Å². The van der Waals surface area contributed by atoms with Gasteiger partial charge in [-0.2, -0.15) is 0 Å². The number of nitrogens with zero attached hydrogens (tertiary/aromatic N) is 2. The number of aryl methyl sites for hydroxylation is 2. The van der Waals surface area contributed by atoms with Crippen LogP contribution in [0.15, 0.2) is 41.3 Å². The highest BCUT2D eigenvalue weighted by Crippen LogP contribution is 2.28. The Hall–Kier alpha value is -2.29. The predicted octanol–water partition coefficient (Wildman–Crippen LogP) is 3.42. The number of nitrogens with one attached hydrogen (secondary N) is 1. The van der Waals surface area contributed by atoms with Gasteiger partial charge in [0, 0.05) is 19.7 Å². The van der Waals surface area contributed by atoms with E-state index in [0.29, 0.717) is 16.3 Å². The Balaban J connectivity index is 1.95. The van der Waals surface area contributed by atoms with Gasteiger partial charge in [0.2, 0.25) is 10.0 Å². The Morgan fingerprint density at radius 1 is 1.12 bits per heavy atom. The van der Waals surface area contributed by atoms with Gasteiger partial charge in [-0.05, 0) is 43.2 Å². The Bertz CT molecular complexity index is 1100. The van der Waals surface area contributed by atoms with E-state index in [2.05, 4.69) is 10.3 Å². The molecule has 0 saturated carbocycles. The summed E-state index contributed by atoms with van der Waals surface area (Å²) >= 11 is 1.39. The van der Waals surface area contributed by atoms with Gasteiger partial charge in [-0.25, -0.2) is 17.7 Å². The van der Waals surface area contributed by atoms with Crippen LogP contribution in [0.1, 0.15) is 21.5 Å². The van der Waals surface area contributed by atoms with Crippen molar-refractivity contribution in [2.75, 3.05) is 19.4 Å². The summed E-state index contributed by atoms with van der Waals surface area (Å²) in [5.41, 5.74) is 2.89. The van der Waals surface area contributed by atoms with Crippen LogP contribution >= 0.6 is 11.3 Å². The summed E-state index contributed by atoms with van der Waals surface area (Å²) < 4.78 is 26.7. The number of thiazole rings is 1. The number of sulfonamides is 1. The molecule has 1 heterocycles. The molecule has 0 aliphatic rings. The zero-order chi connectivity index (χ0) is 19.1. The molecule has 1 N–H and O–H groups in total. The highest BCUT2D eigenvalue weighted by molar-refractivity contribution is 7.89. The Kier molecular flexibility index (Phi) is 4.83. The van der Waals surface area contributed by atoms with E-state index in [9.17, 15) is 13.2 Å². The Labute approximate surface area is 156 Å². The van der Waals surface area contributed by atoms with Gasteiger partial charge in [-0.1, -0.05) is 29.5 Å². The summed E-state index contributed by atoms with van der Waals surface area (Å²) in [6.45, 7) is 3.73. The van der Waals surface area contributed by atoms with Crippen LogP contribution in [0.5, 0.6) is 0 Å². The quantitative estimate of drug-likeness (QED) is 0.741. The first kappa shape index (κ1) is 18.5. The van der Waals surface area contributed by atoms with E-state index in [0.717, 1.165) is 20.1 Å². The van der Waals surface area contributed by atoms with Crippen molar-refractivity contribution in [1.82, 2.24) is 9.29 Å². The minimum atomic E-state index is -3.61. The molecule has 0 aliphatic heterocycles. The zero-order valence-corrected chi connectivity index (χ0v) is 16.5. The highest BCUT2D eigenvalue weighted by Gasteiger charge is 2.20. The number of carbonyl (C=O) groups excluding carboxylic acids is 1. The number of hydrogen-bond donors (Lipinski definition) is 1. The molecule has 136 valence electrons. The van der Waals surface area contributed by atoms with Gasteiger partial charge in [-0.15, -0.1) is 0 Å². The molecule has 26 heavy (non-hydrogen) atoms. The topological polar surface area (TPSA) is 79.4 Å². The number of amides is 1. The second-order valence-corrected chi connectivity index (χ2v) is 9.34. The molecule has 0 spiro atoms. The predicted molar refractivity (Wildman–Crippen MR) is 104 cm³/mol. The first-order valence-electron chi connectivity index (χ1n) is 7.91. The molecule has 3 rings (SSSR count). The van der Waals surface area contributed by atoms with E-state index in [1.54, 1.807) is 13.0 Å². The lowest BCUT2D eigenvalue weighted by molar-refractivity contribution is 0.102. The van der Waals surface area contributed by atoms with E-state index < -0.39 is 10.0 Å². The molecule has 0 fully saturated rings. The largest absolute Gasteiger partial charge is 0.298 e. The smallest absolute Gasteiger partial charge is 0.257 e. The molecule has 8 heteroatoms. The number of fused-ring (bicyclic) bond motifs is 1. The van der Waals surface area contributed by atoms with Crippen LogP contribution in [0.2, 0.25) is 0 Å². The minimum absolute atomic E-state index is 0.0818. The Morgan fingerprint density at radius 3 is 2.50 bits per heavy atom. The maximum absolute atomic E-state index is 12.7. The van der Waals surface area contributed by atoms with Crippen molar-refractivity contribution in [3.8, 4) is 0 Å². The van der Waals surface area contributed by atoms with E-state index in [1.165, 1.54) is 37.6 Å². The number of aromatic nitrogens is 1. The van der Waals surface area contributed by atoms with Gasteiger partial charge in [-0.3, -0.25) is 10.1 Å². The number of anilines is 1. The molecule has 0 atom stereocenters. The van der Waals surface area contributed by atoms with Crippen molar-refractivity contribution in [2.24, 2.45) is 0 Å². The average molecular weight is 390 g/mol. The SMILES string of the molecule is Cc1ccc(S(=O)(=O)N(C)C)cc1C(=O)Nc1nc2c(C)cccc2s1. The third-order valence-corrected chi connectivity index (χ3v) is 6.82. The van der Waals surface area contributed by atoms with Crippen LogP contribution in [-0.2, 0) is 10.0 Å². The van der Waals surface area contributed by atoms with Gasteiger partial charge in [0.05, 0.1) is 15.1 Å². The fourth-order valence-corrected chi connectivity index (χ4v) is 4.39. The molecule has 0 bridgehead atoms. The van der Waals surface area contributed by atoms with Crippen LogP contribution in [0.3, 0.4) is 0 Å². The molecule has 0 saturated heterocycles. The van der Waals surface area contributed by atoms with E-state index in [1.807, 2.05) is 25.1 Å².